The Morgan fingerprint density at radius 3 is 2.55 bits per heavy atom. The lowest BCUT2D eigenvalue weighted by Crippen LogP contribution is -2.70. The Hall–Kier alpha value is -1.31. The van der Waals surface area contributed by atoms with Crippen molar-refractivity contribution in [3.63, 3.8) is 0 Å². The Morgan fingerprint density at radius 2 is 1.86 bits per heavy atom. The molecule has 1 aliphatic carbocycles. The average molecular weight is 427 g/mol. The van der Waals surface area contributed by atoms with E-state index >= 15 is 0 Å². The van der Waals surface area contributed by atoms with E-state index in [0.717, 1.165) is 38.8 Å². The molecule has 3 aliphatic heterocycles. The highest BCUT2D eigenvalue weighted by Gasteiger charge is 2.50. The van der Waals surface area contributed by atoms with E-state index in [2.05, 4.69) is 14.9 Å². The number of piperidine rings is 1. The molecule has 29 heavy (non-hydrogen) atoms. The standard InChI is InChI=1S/C21H26ClF3N4/c22-16-6-7-17(23)20-19(16)26-18(27-20)11-28-9-14-8-15(10-28)29(14)12-21(24,25)13-4-2-1-3-5-13/h6-7,13-15H,1-5,8-12H2,(H,26,27). The Morgan fingerprint density at radius 1 is 1.14 bits per heavy atom. The molecule has 0 radical (unpaired) electrons. The maximum atomic E-state index is 14.8. The molecule has 4 nitrogen and oxygen atoms in total. The maximum Gasteiger partial charge on any atom is 0.263 e. The minimum Gasteiger partial charge on any atom is -0.338 e. The zero-order valence-electron chi connectivity index (χ0n) is 16.3. The predicted octanol–water partition coefficient (Wildman–Crippen LogP) is 4.83. The van der Waals surface area contributed by atoms with E-state index in [-0.39, 0.29) is 24.4 Å². The second-order valence-corrected chi connectivity index (χ2v) is 9.35. The van der Waals surface area contributed by atoms with Gasteiger partial charge in [-0.25, -0.2) is 18.2 Å². The van der Waals surface area contributed by atoms with Gasteiger partial charge in [-0.15, -0.1) is 0 Å². The van der Waals surface area contributed by atoms with Crippen LogP contribution in [0.1, 0.15) is 44.3 Å². The summed E-state index contributed by atoms with van der Waals surface area (Å²) in [4.78, 5) is 11.7. The Kier molecular flexibility index (Phi) is 5.03. The fraction of sp³-hybridized carbons (Fsp3) is 0.667. The molecule has 2 aromatic rings. The second kappa shape index (κ2) is 7.43. The minimum absolute atomic E-state index is 0.105. The summed E-state index contributed by atoms with van der Waals surface area (Å²) in [5.74, 6) is -2.76. The molecule has 6 rings (SSSR count). The highest BCUT2D eigenvalue weighted by molar-refractivity contribution is 6.34. The summed E-state index contributed by atoms with van der Waals surface area (Å²) in [7, 11) is 0. The molecule has 1 N–H and O–H groups in total. The number of piperazine rings is 1. The molecule has 2 atom stereocenters. The number of nitrogens with one attached hydrogen (secondary N) is 1. The highest BCUT2D eigenvalue weighted by Crippen LogP contribution is 2.41. The van der Waals surface area contributed by atoms with E-state index in [9.17, 15) is 13.2 Å². The topological polar surface area (TPSA) is 35.2 Å². The molecule has 158 valence electrons. The number of alkyl halides is 2. The summed E-state index contributed by atoms with van der Waals surface area (Å²) < 4.78 is 43.6. The van der Waals surface area contributed by atoms with Gasteiger partial charge in [0.15, 0.2) is 0 Å². The van der Waals surface area contributed by atoms with Crippen LogP contribution in [-0.2, 0) is 6.54 Å². The number of imidazole rings is 1. The van der Waals surface area contributed by atoms with Gasteiger partial charge in [-0.2, -0.15) is 0 Å². The molecule has 8 heteroatoms. The number of aromatic amines is 1. The zero-order valence-corrected chi connectivity index (χ0v) is 17.1. The van der Waals surface area contributed by atoms with Gasteiger partial charge < -0.3 is 4.98 Å². The van der Waals surface area contributed by atoms with E-state index < -0.39 is 11.8 Å². The van der Waals surface area contributed by atoms with Crippen molar-refractivity contribution in [3.05, 3.63) is 28.8 Å². The van der Waals surface area contributed by atoms with Crippen molar-refractivity contribution in [2.45, 2.75) is 63.1 Å². The lowest BCUT2D eigenvalue weighted by Gasteiger charge is -2.57. The molecular weight excluding hydrogens is 401 g/mol. The predicted molar refractivity (Wildman–Crippen MR) is 107 cm³/mol. The van der Waals surface area contributed by atoms with Crippen LogP contribution in [0.4, 0.5) is 13.2 Å². The molecule has 1 aromatic carbocycles. The highest BCUT2D eigenvalue weighted by atomic mass is 35.5. The van der Waals surface area contributed by atoms with E-state index in [4.69, 9.17) is 11.6 Å². The summed E-state index contributed by atoms with van der Waals surface area (Å²) in [5.41, 5.74) is 0.765. The molecule has 0 amide bonds. The molecule has 4 aliphatic rings. The summed E-state index contributed by atoms with van der Waals surface area (Å²) in [6.07, 6.45) is 5.26. The molecule has 3 saturated heterocycles. The molecule has 1 aromatic heterocycles. The van der Waals surface area contributed by atoms with Crippen LogP contribution in [0.3, 0.4) is 0 Å². The molecule has 4 heterocycles. The molecule has 2 unspecified atom stereocenters. The summed E-state index contributed by atoms with van der Waals surface area (Å²) in [6.45, 7) is 1.92. The third-order valence-electron chi connectivity index (χ3n) is 6.98. The van der Waals surface area contributed by atoms with Crippen molar-refractivity contribution in [3.8, 4) is 0 Å². The average Bonchev–Trinajstić information content (AvgIpc) is 3.15. The Balaban J connectivity index is 1.22. The molecular formula is C21H26ClF3N4. The van der Waals surface area contributed by atoms with Crippen molar-refractivity contribution < 1.29 is 13.2 Å². The van der Waals surface area contributed by atoms with Gasteiger partial charge in [0.25, 0.3) is 5.92 Å². The number of hydrogen-bond donors (Lipinski definition) is 1. The van der Waals surface area contributed by atoms with Crippen LogP contribution >= 0.6 is 11.6 Å². The lowest BCUT2D eigenvalue weighted by atomic mass is 9.81. The van der Waals surface area contributed by atoms with Gasteiger partial charge in [-0.3, -0.25) is 9.80 Å². The van der Waals surface area contributed by atoms with Gasteiger partial charge in [0.05, 0.1) is 18.1 Å². The van der Waals surface area contributed by atoms with Crippen molar-refractivity contribution in [1.82, 2.24) is 19.8 Å². The first-order chi connectivity index (χ1) is 13.9. The lowest BCUT2D eigenvalue weighted by molar-refractivity contribution is -0.154. The normalized spacial score (nSPS) is 26.8. The van der Waals surface area contributed by atoms with Crippen LogP contribution in [0, 0.1) is 11.7 Å². The molecule has 2 bridgehead atoms. The number of aromatic nitrogens is 2. The van der Waals surface area contributed by atoms with Crippen LogP contribution in [0.25, 0.3) is 11.0 Å². The van der Waals surface area contributed by atoms with Crippen molar-refractivity contribution >= 4 is 22.6 Å². The Bertz CT molecular complexity index is 844. The molecule has 0 spiro atoms. The fourth-order valence-electron chi connectivity index (χ4n) is 5.42. The number of benzene rings is 1. The van der Waals surface area contributed by atoms with Crippen molar-refractivity contribution in [1.29, 1.82) is 0 Å². The van der Waals surface area contributed by atoms with Gasteiger partial charge in [-0.05, 0) is 31.4 Å². The monoisotopic (exact) mass is 426 g/mol. The second-order valence-electron chi connectivity index (χ2n) is 8.94. The van der Waals surface area contributed by atoms with Crippen LogP contribution in [0.2, 0.25) is 5.02 Å². The summed E-state index contributed by atoms with van der Waals surface area (Å²) >= 11 is 6.12. The van der Waals surface area contributed by atoms with Crippen LogP contribution in [0.15, 0.2) is 12.1 Å². The van der Waals surface area contributed by atoms with Crippen molar-refractivity contribution in [2.24, 2.45) is 5.92 Å². The van der Waals surface area contributed by atoms with Gasteiger partial charge in [0.2, 0.25) is 0 Å². The number of fused-ring (bicyclic) bond motifs is 3. The van der Waals surface area contributed by atoms with Gasteiger partial charge >= 0.3 is 0 Å². The first kappa shape index (κ1) is 19.6. The SMILES string of the molecule is Fc1ccc(Cl)c2nc(CN3CC4CC(C3)N4CC(F)(F)C3CCCCC3)[nH]c12. The third-order valence-corrected chi connectivity index (χ3v) is 7.29. The van der Waals surface area contributed by atoms with E-state index in [1.165, 1.54) is 12.1 Å². The molecule has 1 saturated carbocycles. The number of halogens is 4. The maximum absolute atomic E-state index is 14.8. The van der Waals surface area contributed by atoms with Gasteiger partial charge in [-0.1, -0.05) is 30.9 Å². The number of rotatable bonds is 5. The van der Waals surface area contributed by atoms with Crippen LogP contribution in [-0.4, -0.2) is 57.4 Å². The van der Waals surface area contributed by atoms with Crippen LogP contribution < -0.4 is 0 Å². The molecule has 4 fully saturated rings. The smallest absolute Gasteiger partial charge is 0.263 e. The van der Waals surface area contributed by atoms with E-state index in [1.54, 1.807) is 0 Å². The quantitative estimate of drug-likeness (QED) is 0.743. The van der Waals surface area contributed by atoms with Gasteiger partial charge in [0, 0.05) is 31.1 Å². The Labute approximate surface area is 173 Å². The summed E-state index contributed by atoms with van der Waals surface area (Å²) in [6, 6.07) is 3.18. The van der Waals surface area contributed by atoms with Crippen molar-refractivity contribution in [2.75, 3.05) is 19.6 Å². The number of H-pyrrole nitrogens is 1. The van der Waals surface area contributed by atoms with E-state index in [1.807, 2.05) is 4.90 Å². The first-order valence-corrected chi connectivity index (χ1v) is 11.0. The fourth-order valence-corrected chi connectivity index (χ4v) is 5.62. The zero-order chi connectivity index (χ0) is 20.2. The van der Waals surface area contributed by atoms with E-state index in [0.29, 0.717) is 41.3 Å². The summed E-state index contributed by atoms with van der Waals surface area (Å²) in [5, 5.41) is 0.418. The first-order valence-electron chi connectivity index (χ1n) is 10.6. The largest absolute Gasteiger partial charge is 0.338 e. The number of nitrogens with zero attached hydrogens (tertiary/aromatic N) is 3. The third kappa shape index (κ3) is 3.66. The van der Waals surface area contributed by atoms with Crippen LogP contribution in [0.5, 0.6) is 0 Å². The number of hydrogen-bond acceptors (Lipinski definition) is 3. The van der Waals surface area contributed by atoms with Gasteiger partial charge in [0.1, 0.15) is 22.7 Å². The minimum atomic E-state index is -2.59.